The van der Waals surface area contributed by atoms with E-state index >= 15 is 0 Å². The number of hydrogen-bond acceptors (Lipinski definition) is 3. The van der Waals surface area contributed by atoms with Crippen molar-refractivity contribution in [1.82, 2.24) is 9.88 Å². The molecule has 15 heavy (non-hydrogen) atoms. The van der Waals surface area contributed by atoms with Gasteiger partial charge in [-0.1, -0.05) is 24.3 Å². The number of pyridine rings is 1. The van der Waals surface area contributed by atoms with E-state index in [1.165, 1.54) is 0 Å². The molecule has 0 fully saturated rings. The number of aliphatic hydroxyl groups is 1. The van der Waals surface area contributed by atoms with Crippen molar-refractivity contribution in [3.63, 3.8) is 0 Å². The average molecular weight is 202 g/mol. The highest BCUT2D eigenvalue weighted by Gasteiger charge is 2.12. The van der Waals surface area contributed by atoms with Gasteiger partial charge in [0.05, 0.1) is 0 Å². The monoisotopic (exact) mass is 202 g/mol. The first-order chi connectivity index (χ1) is 7.20. The van der Waals surface area contributed by atoms with Crippen molar-refractivity contribution >= 4 is 10.8 Å². The number of aliphatic hydroxyl groups excluding tert-OH is 1. The molecule has 3 heteroatoms. The molecule has 0 saturated carbocycles. The summed E-state index contributed by atoms with van der Waals surface area (Å²) >= 11 is 0. The zero-order valence-electron chi connectivity index (χ0n) is 8.88. The summed E-state index contributed by atoms with van der Waals surface area (Å²) in [7, 11) is 3.68. The zero-order valence-corrected chi connectivity index (χ0v) is 8.88. The number of rotatable bonds is 2. The molecule has 2 aromatic rings. The Balaban J connectivity index is 2.60. The fourth-order valence-corrected chi connectivity index (χ4v) is 1.62. The van der Waals surface area contributed by atoms with Gasteiger partial charge in [0.15, 0.2) is 0 Å². The van der Waals surface area contributed by atoms with E-state index in [4.69, 9.17) is 0 Å². The van der Waals surface area contributed by atoms with Crippen LogP contribution in [0.4, 0.5) is 0 Å². The summed E-state index contributed by atoms with van der Waals surface area (Å²) in [5.74, 6) is 0. The molecule has 0 aliphatic heterocycles. The van der Waals surface area contributed by atoms with Crippen molar-refractivity contribution in [3.8, 4) is 0 Å². The van der Waals surface area contributed by atoms with Gasteiger partial charge in [-0.3, -0.25) is 9.88 Å². The number of fused-ring (bicyclic) bond motifs is 1. The lowest BCUT2D eigenvalue weighted by atomic mass is 10.1. The molecule has 1 N–H and O–H groups in total. The van der Waals surface area contributed by atoms with Gasteiger partial charge in [-0.15, -0.1) is 0 Å². The summed E-state index contributed by atoms with van der Waals surface area (Å²) < 4.78 is 0. The first-order valence-corrected chi connectivity index (χ1v) is 4.87. The van der Waals surface area contributed by atoms with Gasteiger partial charge in [-0.25, -0.2) is 0 Å². The smallest absolute Gasteiger partial charge is 0.135 e. The second kappa shape index (κ2) is 3.96. The summed E-state index contributed by atoms with van der Waals surface area (Å²) in [6.07, 6.45) is 2.91. The van der Waals surface area contributed by atoms with Gasteiger partial charge in [-0.05, 0) is 19.5 Å². The highest BCUT2D eigenvalue weighted by atomic mass is 16.3. The van der Waals surface area contributed by atoms with Crippen LogP contribution in [0.15, 0.2) is 36.7 Å². The van der Waals surface area contributed by atoms with Crippen LogP contribution >= 0.6 is 0 Å². The third kappa shape index (κ3) is 1.84. The average Bonchev–Trinajstić information content (AvgIpc) is 2.27. The minimum absolute atomic E-state index is 0.608. The van der Waals surface area contributed by atoms with Gasteiger partial charge in [0, 0.05) is 23.3 Å². The molecule has 3 nitrogen and oxygen atoms in total. The summed E-state index contributed by atoms with van der Waals surface area (Å²) in [5, 5.41) is 12.1. The van der Waals surface area contributed by atoms with Crippen LogP contribution in [0.25, 0.3) is 10.8 Å². The molecule has 0 bridgehead atoms. The summed E-state index contributed by atoms with van der Waals surface area (Å²) in [6, 6.07) is 7.93. The Bertz CT molecular complexity index is 463. The minimum Gasteiger partial charge on any atom is -0.374 e. The Kier molecular flexibility index (Phi) is 2.66. The molecule has 0 aliphatic rings. The highest BCUT2D eigenvalue weighted by molar-refractivity contribution is 5.84. The normalized spacial score (nSPS) is 13.3. The summed E-state index contributed by atoms with van der Waals surface area (Å²) in [5.41, 5.74) is 0.845. The second-order valence-electron chi connectivity index (χ2n) is 3.79. The van der Waals surface area contributed by atoms with Gasteiger partial charge in [0.25, 0.3) is 0 Å². The Labute approximate surface area is 89.0 Å². The van der Waals surface area contributed by atoms with Crippen LogP contribution in [0.3, 0.4) is 0 Å². The number of nitrogens with zero attached hydrogens (tertiary/aromatic N) is 2. The van der Waals surface area contributed by atoms with E-state index in [1.54, 1.807) is 17.3 Å². The fraction of sp³-hybridized carbons (Fsp3) is 0.250. The van der Waals surface area contributed by atoms with Gasteiger partial charge in [-0.2, -0.15) is 0 Å². The van der Waals surface area contributed by atoms with Crippen LogP contribution in [-0.2, 0) is 0 Å². The molecule has 1 heterocycles. The van der Waals surface area contributed by atoms with Gasteiger partial charge in [0.1, 0.15) is 6.23 Å². The standard InChI is InChI=1S/C12H14N2O/c1-14(2)12(15)11-8-13-7-9-5-3-4-6-10(9)11/h3-8,12,15H,1-2H3. The van der Waals surface area contributed by atoms with E-state index in [2.05, 4.69) is 4.98 Å². The molecular formula is C12H14N2O. The van der Waals surface area contributed by atoms with Gasteiger partial charge in [0.2, 0.25) is 0 Å². The minimum atomic E-state index is -0.608. The zero-order chi connectivity index (χ0) is 10.8. The molecule has 0 spiro atoms. The van der Waals surface area contributed by atoms with E-state index < -0.39 is 6.23 Å². The van der Waals surface area contributed by atoms with Crippen molar-refractivity contribution in [2.75, 3.05) is 14.1 Å². The first kappa shape index (κ1) is 10.1. The van der Waals surface area contributed by atoms with Crippen LogP contribution < -0.4 is 0 Å². The lowest BCUT2D eigenvalue weighted by Crippen LogP contribution is -2.19. The molecule has 1 unspecified atom stereocenters. The van der Waals surface area contributed by atoms with Gasteiger partial charge < -0.3 is 5.11 Å². The lowest BCUT2D eigenvalue weighted by Gasteiger charge is -2.19. The molecule has 78 valence electrons. The molecule has 1 atom stereocenters. The molecule has 0 amide bonds. The van der Waals surface area contributed by atoms with Crippen LogP contribution in [0.5, 0.6) is 0 Å². The molecule has 0 aliphatic carbocycles. The highest BCUT2D eigenvalue weighted by Crippen LogP contribution is 2.23. The Hall–Kier alpha value is -1.45. The lowest BCUT2D eigenvalue weighted by molar-refractivity contribution is 0.0405. The maximum Gasteiger partial charge on any atom is 0.135 e. The van der Waals surface area contributed by atoms with Crippen molar-refractivity contribution in [3.05, 3.63) is 42.2 Å². The largest absolute Gasteiger partial charge is 0.374 e. The number of aromatic nitrogens is 1. The van der Waals surface area contributed by atoms with Crippen molar-refractivity contribution in [2.24, 2.45) is 0 Å². The van der Waals surface area contributed by atoms with Crippen LogP contribution in [0, 0.1) is 0 Å². The topological polar surface area (TPSA) is 36.4 Å². The van der Waals surface area contributed by atoms with E-state index in [0.717, 1.165) is 16.3 Å². The van der Waals surface area contributed by atoms with E-state index in [0.29, 0.717) is 0 Å². The predicted molar refractivity (Wildman–Crippen MR) is 60.4 cm³/mol. The number of benzene rings is 1. The van der Waals surface area contributed by atoms with Crippen LogP contribution in [0.2, 0.25) is 0 Å². The van der Waals surface area contributed by atoms with E-state index in [1.807, 2.05) is 38.4 Å². The maximum absolute atomic E-state index is 9.98. The summed E-state index contributed by atoms with van der Waals surface area (Å²) in [4.78, 5) is 5.88. The molecular weight excluding hydrogens is 188 g/mol. The molecule has 0 radical (unpaired) electrons. The Morgan fingerprint density at radius 3 is 2.67 bits per heavy atom. The Morgan fingerprint density at radius 2 is 1.93 bits per heavy atom. The SMILES string of the molecule is CN(C)C(O)c1cncc2ccccc12. The van der Waals surface area contributed by atoms with Crippen LogP contribution in [-0.4, -0.2) is 29.1 Å². The predicted octanol–water partition coefficient (Wildman–Crippen LogP) is 1.79. The van der Waals surface area contributed by atoms with E-state index in [-0.39, 0.29) is 0 Å². The fourth-order valence-electron chi connectivity index (χ4n) is 1.62. The number of hydrogen-bond donors (Lipinski definition) is 1. The van der Waals surface area contributed by atoms with Crippen molar-refractivity contribution < 1.29 is 5.11 Å². The molecule has 1 aromatic carbocycles. The first-order valence-electron chi connectivity index (χ1n) is 4.87. The van der Waals surface area contributed by atoms with Crippen molar-refractivity contribution in [2.45, 2.75) is 6.23 Å². The Morgan fingerprint density at radius 1 is 1.20 bits per heavy atom. The molecule has 1 aromatic heterocycles. The van der Waals surface area contributed by atoms with E-state index in [9.17, 15) is 5.11 Å². The molecule has 2 rings (SSSR count). The van der Waals surface area contributed by atoms with Crippen molar-refractivity contribution in [1.29, 1.82) is 0 Å². The third-order valence-corrected chi connectivity index (χ3v) is 2.47. The summed E-state index contributed by atoms with van der Waals surface area (Å²) in [6.45, 7) is 0. The quantitative estimate of drug-likeness (QED) is 0.754. The van der Waals surface area contributed by atoms with Gasteiger partial charge >= 0.3 is 0 Å². The maximum atomic E-state index is 9.98. The molecule has 0 saturated heterocycles. The van der Waals surface area contributed by atoms with Crippen LogP contribution in [0.1, 0.15) is 11.8 Å². The third-order valence-electron chi connectivity index (χ3n) is 2.47. The second-order valence-corrected chi connectivity index (χ2v) is 3.79.